The molecule has 6 heteroatoms. The standard InChI is InChI=1S/C19H29FN3O2/c1-2-3-12-23(18-6-4-17(20)5-7-18)13-8-21(9-14-23)19(24)22-10-15-25-16-11-22/h4-7H,2-3,8-16H2,1H3/q+1. The summed E-state index contributed by atoms with van der Waals surface area (Å²) in [5.74, 6) is -0.196. The SMILES string of the molecule is CCCC[N+]1(c2ccc(F)cc2)CCN(C(=O)N2CCOCC2)CC1. The van der Waals surface area contributed by atoms with E-state index in [1.54, 1.807) is 12.1 Å². The van der Waals surface area contributed by atoms with Crippen LogP contribution in [0.15, 0.2) is 24.3 Å². The predicted molar refractivity (Wildman–Crippen MR) is 97.1 cm³/mol. The Morgan fingerprint density at radius 3 is 2.28 bits per heavy atom. The molecular formula is C19H29FN3O2+. The van der Waals surface area contributed by atoms with E-state index in [4.69, 9.17) is 4.74 Å². The molecule has 0 radical (unpaired) electrons. The number of piperazine rings is 1. The van der Waals surface area contributed by atoms with Crippen molar-refractivity contribution in [3.8, 4) is 0 Å². The van der Waals surface area contributed by atoms with Crippen LogP contribution in [0, 0.1) is 5.82 Å². The van der Waals surface area contributed by atoms with Crippen molar-refractivity contribution in [1.82, 2.24) is 14.3 Å². The van der Waals surface area contributed by atoms with Gasteiger partial charge in [0.2, 0.25) is 0 Å². The lowest BCUT2D eigenvalue weighted by atomic mass is 10.1. The lowest BCUT2D eigenvalue weighted by molar-refractivity contribution is 0.0379. The molecule has 2 heterocycles. The number of hydrogen-bond donors (Lipinski definition) is 0. The number of hydrogen-bond acceptors (Lipinski definition) is 2. The number of morpholine rings is 1. The molecule has 3 rings (SSSR count). The van der Waals surface area contributed by atoms with Gasteiger partial charge < -0.3 is 14.5 Å². The largest absolute Gasteiger partial charge is 0.378 e. The van der Waals surface area contributed by atoms with Gasteiger partial charge in [-0.05, 0) is 18.6 Å². The zero-order valence-electron chi connectivity index (χ0n) is 15.1. The molecule has 2 aliphatic rings. The Bertz CT molecular complexity index is 565. The highest BCUT2D eigenvalue weighted by atomic mass is 19.1. The highest BCUT2D eigenvalue weighted by molar-refractivity contribution is 5.74. The van der Waals surface area contributed by atoms with Crippen LogP contribution in [0.1, 0.15) is 19.8 Å². The number of urea groups is 1. The molecule has 1 aromatic carbocycles. The third-order valence-electron chi connectivity index (χ3n) is 5.46. The summed E-state index contributed by atoms with van der Waals surface area (Å²) in [6.45, 7) is 9.14. The van der Waals surface area contributed by atoms with Gasteiger partial charge in [-0.25, -0.2) is 9.18 Å². The molecule has 2 fully saturated rings. The van der Waals surface area contributed by atoms with E-state index in [9.17, 15) is 9.18 Å². The van der Waals surface area contributed by atoms with Gasteiger partial charge in [-0.1, -0.05) is 13.3 Å². The fraction of sp³-hybridized carbons (Fsp3) is 0.632. The molecule has 0 aliphatic carbocycles. The van der Waals surface area contributed by atoms with Crippen molar-refractivity contribution in [3.63, 3.8) is 0 Å². The van der Waals surface area contributed by atoms with Gasteiger partial charge >= 0.3 is 6.03 Å². The van der Waals surface area contributed by atoms with Gasteiger partial charge in [0.25, 0.3) is 0 Å². The number of carbonyl (C=O) groups excluding carboxylic acids is 1. The van der Waals surface area contributed by atoms with Crippen LogP contribution in [0.3, 0.4) is 0 Å². The van der Waals surface area contributed by atoms with Gasteiger partial charge in [-0.3, -0.25) is 4.48 Å². The number of benzene rings is 1. The van der Waals surface area contributed by atoms with Crippen molar-refractivity contribution >= 4 is 11.7 Å². The normalized spacial score (nSPS) is 20.6. The van der Waals surface area contributed by atoms with Gasteiger partial charge in [-0.2, -0.15) is 0 Å². The summed E-state index contributed by atoms with van der Waals surface area (Å²) < 4.78 is 19.5. The maximum atomic E-state index is 13.3. The van der Waals surface area contributed by atoms with Crippen molar-refractivity contribution in [2.45, 2.75) is 19.8 Å². The second kappa shape index (κ2) is 8.15. The molecule has 1 aromatic rings. The van der Waals surface area contributed by atoms with Crippen molar-refractivity contribution in [1.29, 1.82) is 0 Å². The van der Waals surface area contributed by atoms with Crippen LogP contribution in [0.4, 0.5) is 14.9 Å². The minimum absolute atomic E-state index is 0.135. The van der Waals surface area contributed by atoms with Crippen molar-refractivity contribution < 1.29 is 13.9 Å². The van der Waals surface area contributed by atoms with Crippen molar-refractivity contribution in [2.75, 3.05) is 59.0 Å². The molecule has 5 nitrogen and oxygen atoms in total. The van der Waals surface area contributed by atoms with Crippen LogP contribution < -0.4 is 4.48 Å². The molecule has 0 N–H and O–H groups in total. The quantitative estimate of drug-likeness (QED) is 0.782. The topological polar surface area (TPSA) is 32.8 Å². The van der Waals surface area contributed by atoms with Crippen LogP contribution >= 0.6 is 0 Å². The summed E-state index contributed by atoms with van der Waals surface area (Å²) in [5, 5.41) is 0. The molecule has 0 unspecified atom stereocenters. The Hall–Kier alpha value is -1.66. The summed E-state index contributed by atoms with van der Waals surface area (Å²) in [7, 11) is 0. The summed E-state index contributed by atoms with van der Waals surface area (Å²) in [6.07, 6.45) is 2.27. The summed E-state index contributed by atoms with van der Waals surface area (Å²) in [5.41, 5.74) is 1.16. The number of carbonyl (C=O) groups is 1. The monoisotopic (exact) mass is 350 g/mol. The van der Waals surface area contributed by atoms with Gasteiger partial charge in [0, 0.05) is 25.2 Å². The summed E-state index contributed by atoms with van der Waals surface area (Å²) in [6, 6.07) is 7.05. The highest BCUT2D eigenvalue weighted by Gasteiger charge is 2.37. The van der Waals surface area contributed by atoms with Crippen LogP contribution in [0.2, 0.25) is 0 Å². The molecule has 2 amide bonds. The van der Waals surface area contributed by atoms with Crippen LogP contribution in [0.25, 0.3) is 0 Å². The Morgan fingerprint density at radius 1 is 1.08 bits per heavy atom. The van der Waals surface area contributed by atoms with Crippen molar-refractivity contribution in [2.24, 2.45) is 0 Å². The zero-order valence-corrected chi connectivity index (χ0v) is 15.1. The Balaban J connectivity index is 1.68. The van der Waals surface area contributed by atoms with Gasteiger partial charge in [0.1, 0.15) is 24.6 Å². The molecular weight excluding hydrogens is 321 g/mol. The van der Waals surface area contributed by atoms with E-state index in [0.717, 1.165) is 55.7 Å². The number of amides is 2. The number of ether oxygens (including phenoxy) is 1. The number of quaternary nitrogens is 1. The molecule has 0 aromatic heterocycles. The average molecular weight is 350 g/mol. The number of nitrogens with zero attached hydrogens (tertiary/aromatic N) is 3. The smallest absolute Gasteiger partial charge is 0.320 e. The van der Waals surface area contributed by atoms with E-state index in [1.807, 2.05) is 21.9 Å². The molecule has 2 aliphatic heterocycles. The van der Waals surface area contributed by atoms with Gasteiger partial charge in [0.05, 0.1) is 32.8 Å². The van der Waals surface area contributed by atoms with E-state index in [1.165, 1.54) is 0 Å². The zero-order chi connectivity index (χ0) is 17.7. The molecule has 0 saturated carbocycles. The third-order valence-corrected chi connectivity index (χ3v) is 5.46. The lowest BCUT2D eigenvalue weighted by Gasteiger charge is -2.45. The molecule has 0 atom stereocenters. The van der Waals surface area contributed by atoms with Crippen LogP contribution in [-0.4, -0.2) is 74.9 Å². The number of halogens is 1. The first-order chi connectivity index (χ1) is 12.1. The average Bonchev–Trinajstić information content (AvgIpc) is 2.67. The lowest BCUT2D eigenvalue weighted by Crippen LogP contribution is -2.63. The molecule has 138 valence electrons. The molecule has 25 heavy (non-hydrogen) atoms. The molecule has 0 bridgehead atoms. The van der Waals surface area contributed by atoms with Gasteiger partial charge in [-0.15, -0.1) is 0 Å². The fourth-order valence-electron chi connectivity index (χ4n) is 3.82. The molecule has 2 saturated heterocycles. The van der Waals surface area contributed by atoms with Crippen LogP contribution in [0.5, 0.6) is 0 Å². The predicted octanol–water partition coefficient (Wildman–Crippen LogP) is 2.70. The Kier molecular flexibility index (Phi) is 5.91. The maximum Gasteiger partial charge on any atom is 0.320 e. The highest BCUT2D eigenvalue weighted by Crippen LogP contribution is 2.27. The van der Waals surface area contributed by atoms with Gasteiger partial charge in [0.15, 0.2) is 0 Å². The second-order valence-corrected chi connectivity index (χ2v) is 7.01. The minimum atomic E-state index is -0.196. The maximum absolute atomic E-state index is 13.3. The third kappa shape index (κ3) is 4.12. The first kappa shape index (κ1) is 18.1. The van der Waals surface area contributed by atoms with E-state index < -0.39 is 0 Å². The first-order valence-electron chi connectivity index (χ1n) is 9.38. The van der Waals surface area contributed by atoms with Crippen molar-refractivity contribution in [3.05, 3.63) is 30.1 Å². The van der Waals surface area contributed by atoms with Crippen LogP contribution in [-0.2, 0) is 4.74 Å². The Labute approximate surface area is 149 Å². The van der Waals surface area contributed by atoms with E-state index in [0.29, 0.717) is 26.3 Å². The minimum Gasteiger partial charge on any atom is -0.378 e. The van der Waals surface area contributed by atoms with E-state index in [-0.39, 0.29) is 11.8 Å². The summed E-state index contributed by atoms with van der Waals surface area (Å²) >= 11 is 0. The summed E-state index contributed by atoms with van der Waals surface area (Å²) in [4.78, 5) is 16.6. The number of unbranched alkanes of at least 4 members (excludes halogenated alkanes) is 1. The van der Waals surface area contributed by atoms with E-state index >= 15 is 0 Å². The number of rotatable bonds is 4. The first-order valence-corrected chi connectivity index (χ1v) is 9.38. The molecule has 0 spiro atoms. The second-order valence-electron chi connectivity index (χ2n) is 7.01. The Morgan fingerprint density at radius 2 is 1.68 bits per heavy atom. The fourth-order valence-corrected chi connectivity index (χ4v) is 3.82. The van der Waals surface area contributed by atoms with E-state index in [2.05, 4.69) is 6.92 Å².